The summed E-state index contributed by atoms with van der Waals surface area (Å²) < 4.78 is 0. The lowest BCUT2D eigenvalue weighted by Gasteiger charge is -2.32. The second-order valence-electron chi connectivity index (χ2n) is 5.09. The van der Waals surface area contributed by atoms with Gasteiger partial charge >= 0.3 is 0 Å². The van der Waals surface area contributed by atoms with Gasteiger partial charge in [-0.15, -0.1) is 0 Å². The monoisotopic (exact) mass is 240 g/mol. The van der Waals surface area contributed by atoms with Crippen molar-refractivity contribution in [2.45, 2.75) is 32.7 Å². The molecule has 0 bridgehead atoms. The smallest absolute Gasteiger partial charge is 0.0997 e. The Morgan fingerprint density at radius 2 is 1.78 bits per heavy atom. The van der Waals surface area contributed by atoms with E-state index < -0.39 is 0 Å². The van der Waals surface area contributed by atoms with Gasteiger partial charge in [0.2, 0.25) is 0 Å². The van der Waals surface area contributed by atoms with E-state index in [0.717, 1.165) is 37.1 Å². The highest BCUT2D eigenvalue weighted by Crippen LogP contribution is 2.26. The molecule has 2 heteroatoms. The van der Waals surface area contributed by atoms with E-state index in [4.69, 9.17) is 0 Å². The van der Waals surface area contributed by atoms with Crippen LogP contribution in [0.25, 0.3) is 5.57 Å². The lowest BCUT2D eigenvalue weighted by molar-refractivity contribution is 0.208. The minimum atomic E-state index is 0.605. The maximum Gasteiger partial charge on any atom is 0.0997 e. The van der Waals surface area contributed by atoms with Crippen LogP contribution >= 0.6 is 0 Å². The van der Waals surface area contributed by atoms with Crippen LogP contribution in [0.15, 0.2) is 35.9 Å². The molecule has 2 rings (SSSR count). The van der Waals surface area contributed by atoms with Crippen molar-refractivity contribution in [3.05, 3.63) is 41.5 Å². The number of allylic oxidation sites excluding steroid dienone is 1. The molecule has 0 spiro atoms. The number of hydrogen-bond donors (Lipinski definition) is 0. The third-order valence-corrected chi connectivity index (χ3v) is 3.66. The molecule has 0 unspecified atom stereocenters. The minimum absolute atomic E-state index is 0.605. The molecule has 0 saturated carbocycles. The molecule has 18 heavy (non-hydrogen) atoms. The Balaban J connectivity index is 2.19. The predicted octanol–water partition coefficient (Wildman–Crippen LogP) is 3.47. The molecule has 1 saturated heterocycles. The third kappa shape index (κ3) is 2.80. The van der Waals surface area contributed by atoms with E-state index >= 15 is 0 Å². The van der Waals surface area contributed by atoms with Gasteiger partial charge in [-0.3, -0.25) is 0 Å². The van der Waals surface area contributed by atoms with Gasteiger partial charge in [-0.05, 0) is 37.8 Å². The fourth-order valence-electron chi connectivity index (χ4n) is 2.51. The van der Waals surface area contributed by atoms with Gasteiger partial charge in [-0.2, -0.15) is 5.26 Å². The molecule has 0 radical (unpaired) electrons. The van der Waals surface area contributed by atoms with Crippen molar-refractivity contribution in [2.24, 2.45) is 0 Å². The van der Waals surface area contributed by atoms with Crippen LogP contribution in [0.3, 0.4) is 0 Å². The summed E-state index contributed by atoms with van der Waals surface area (Å²) in [5.41, 5.74) is 3.27. The molecular weight excluding hydrogens is 220 g/mol. The van der Waals surface area contributed by atoms with Crippen molar-refractivity contribution in [1.82, 2.24) is 4.90 Å². The van der Waals surface area contributed by atoms with Gasteiger partial charge in [0.15, 0.2) is 0 Å². The highest BCUT2D eigenvalue weighted by molar-refractivity contribution is 5.79. The van der Waals surface area contributed by atoms with Gasteiger partial charge in [0.25, 0.3) is 0 Å². The zero-order valence-electron chi connectivity index (χ0n) is 11.2. The Morgan fingerprint density at radius 1 is 1.17 bits per heavy atom. The first-order valence-electron chi connectivity index (χ1n) is 6.64. The summed E-state index contributed by atoms with van der Waals surface area (Å²) in [4.78, 5) is 2.48. The van der Waals surface area contributed by atoms with Crippen LogP contribution in [0, 0.1) is 11.3 Å². The van der Waals surface area contributed by atoms with Gasteiger partial charge in [-0.1, -0.05) is 30.3 Å². The molecule has 0 N–H and O–H groups in total. The molecule has 1 aliphatic rings. The molecule has 2 nitrogen and oxygen atoms in total. The number of hydrogen-bond acceptors (Lipinski definition) is 2. The summed E-state index contributed by atoms with van der Waals surface area (Å²) in [5, 5.41) is 9.39. The van der Waals surface area contributed by atoms with E-state index in [1.165, 1.54) is 5.57 Å². The van der Waals surface area contributed by atoms with E-state index in [1.54, 1.807) is 0 Å². The van der Waals surface area contributed by atoms with Gasteiger partial charge in [-0.25, -0.2) is 0 Å². The molecule has 0 atom stereocenters. The second kappa shape index (κ2) is 5.84. The topological polar surface area (TPSA) is 27.0 Å². The van der Waals surface area contributed by atoms with Crippen molar-refractivity contribution in [3.8, 4) is 6.07 Å². The lowest BCUT2D eigenvalue weighted by atomic mass is 9.93. The molecule has 1 fully saturated rings. The maximum absolute atomic E-state index is 9.39. The van der Waals surface area contributed by atoms with Gasteiger partial charge in [0, 0.05) is 19.1 Å². The summed E-state index contributed by atoms with van der Waals surface area (Å²) in [6.45, 7) is 6.62. The highest BCUT2D eigenvalue weighted by atomic mass is 15.1. The van der Waals surface area contributed by atoms with E-state index in [0.29, 0.717) is 6.04 Å². The van der Waals surface area contributed by atoms with Crippen molar-refractivity contribution in [3.63, 3.8) is 0 Å². The molecule has 1 aliphatic heterocycles. The highest BCUT2D eigenvalue weighted by Gasteiger charge is 2.19. The summed E-state index contributed by atoms with van der Waals surface area (Å²) in [6, 6.07) is 13.0. The number of benzene rings is 1. The molecule has 94 valence electrons. The summed E-state index contributed by atoms with van der Waals surface area (Å²) in [7, 11) is 0. The quantitative estimate of drug-likeness (QED) is 0.740. The fourth-order valence-corrected chi connectivity index (χ4v) is 2.51. The Hall–Kier alpha value is -1.59. The summed E-state index contributed by atoms with van der Waals surface area (Å²) in [6.07, 6.45) is 2.05. The molecule has 0 aliphatic carbocycles. The van der Waals surface area contributed by atoms with Crippen LogP contribution in [0.2, 0.25) is 0 Å². The fraction of sp³-hybridized carbons (Fsp3) is 0.438. The van der Waals surface area contributed by atoms with Crippen LogP contribution < -0.4 is 0 Å². The third-order valence-electron chi connectivity index (χ3n) is 3.66. The zero-order chi connectivity index (χ0) is 13.0. The second-order valence-corrected chi connectivity index (χ2v) is 5.09. The number of nitriles is 1. The Kier molecular flexibility index (Phi) is 4.17. The maximum atomic E-state index is 9.39. The molecule has 0 aromatic heterocycles. The van der Waals surface area contributed by atoms with Crippen molar-refractivity contribution in [2.75, 3.05) is 13.1 Å². The Morgan fingerprint density at radius 3 is 2.28 bits per heavy atom. The van der Waals surface area contributed by atoms with Gasteiger partial charge < -0.3 is 4.90 Å². The first-order chi connectivity index (χ1) is 8.72. The number of likely N-dealkylation sites (tertiary alicyclic amines) is 1. The molecule has 0 amide bonds. The average Bonchev–Trinajstić information content (AvgIpc) is 2.41. The Bertz CT molecular complexity index is 456. The number of piperidine rings is 1. The van der Waals surface area contributed by atoms with Crippen molar-refractivity contribution >= 4 is 5.57 Å². The van der Waals surface area contributed by atoms with Crippen LogP contribution in [0.5, 0.6) is 0 Å². The van der Waals surface area contributed by atoms with Crippen molar-refractivity contribution in [1.29, 1.82) is 5.26 Å². The van der Waals surface area contributed by atoms with E-state index in [9.17, 15) is 5.26 Å². The van der Waals surface area contributed by atoms with Crippen LogP contribution in [0.4, 0.5) is 0 Å². The average molecular weight is 240 g/mol. The molecular formula is C16H20N2. The normalized spacial score (nSPS) is 16.7. The van der Waals surface area contributed by atoms with E-state index in [1.807, 2.05) is 30.3 Å². The number of nitrogens with zero attached hydrogens (tertiary/aromatic N) is 2. The van der Waals surface area contributed by atoms with E-state index in [-0.39, 0.29) is 0 Å². The molecule has 1 heterocycles. The molecule has 1 aromatic carbocycles. The standard InChI is InChI=1S/C16H20N2/c1-13(2)18-10-8-15(9-11-18)16(12-17)14-6-4-3-5-7-14/h3-7,13H,8-11H2,1-2H3. The largest absolute Gasteiger partial charge is 0.300 e. The predicted molar refractivity (Wildman–Crippen MR) is 74.9 cm³/mol. The first-order valence-corrected chi connectivity index (χ1v) is 6.64. The summed E-state index contributed by atoms with van der Waals surface area (Å²) in [5.74, 6) is 0. The SMILES string of the molecule is CC(C)N1CCC(=C(C#N)c2ccccc2)CC1. The van der Waals surface area contributed by atoms with Gasteiger partial charge in [0.1, 0.15) is 0 Å². The lowest BCUT2D eigenvalue weighted by Crippen LogP contribution is -2.36. The van der Waals surface area contributed by atoms with Gasteiger partial charge in [0.05, 0.1) is 11.6 Å². The summed E-state index contributed by atoms with van der Waals surface area (Å²) >= 11 is 0. The van der Waals surface area contributed by atoms with E-state index in [2.05, 4.69) is 24.8 Å². The molecule has 1 aromatic rings. The Labute approximate surface area is 110 Å². The van der Waals surface area contributed by atoms with Crippen LogP contribution in [-0.2, 0) is 0 Å². The zero-order valence-corrected chi connectivity index (χ0v) is 11.2. The van der Waals surface area contributed by atoms with Crippen molar-refractivity contribution < 1.29 is 0 Å². The minimum Gasteiger partial charge on any atom is -0.300 e. The van der Waals surface area contributed by atoms with Crippen LogP contribution in [-0.4, -0.2) is 24.0 Å². The van der Waals surface area contributed by atoms with Crippen LogP contribution in [0.1, 0.15) is 32.3 Å². The number of rotatable bonds is 2. The first kappa shape index (κ1) is 12.9.